The molecule has 1 saturated heterocycles. The van der Waals surface area contributed by atoms with Crippen molar-refractivity contribution in [3.63, 3.8) is 0 Å². The maximum absolute atomic E-state index is 12.8. The highest BCUT2D eigenvalue weighted by molar-refractivity contribution is 7.16. The summed E-state index contributed by atoms with van der Waals surface area (Å²) >= 11 is 1.38. The number of thiazole rings is 1. The van der Waals surface area contributed by atoms with Crippen LogP contribution in [-0.2, 0) is 0 Å². The van der Waals surface area contributed by atoms with Crippen LogP contribution in [-0.4, -0.2) is 38.4 Å². The van der Waals surface area contributed by atoms with Crippen LogP contribution < -0.4 is 0 Å². The van der Waals surface area contributed by atoms with Crippen molar-refractivity contribution in [2.24, 2.45) is 0 Å². The van der Waals surface area contributed by atoms with Crippen LogP contribution in [0.3, 0.4) is 0 Å². The SMILES string of the molecule is Cc1nccn1[C@H]1CCCN(C(=O)c2cnc(-c3ccco3)s2)C1. The van der Waals surface area contributed by atoms with E-state index in [1.165, 1.54) is 11.3 Å². The number of amides is 1. The third kappa shape index (κ3) is 2.75. The van der Waals surface area contributed by atoms with Gasteiger partial charge in [0.1, 0.15) is 10.7 Å². The van der Waals surface area contributed by atoms with Gasteiger partial charge in [0, 0.05) is 25.5 Å². The fourth-order valence-corrected chi connectivity index (χ4v) is 4.04. The van der Waals surface area contributed by atoms with Crippen LogP contribution in [0.4, 0.5) is 0 Å². The first kappa shape index (κ1) is 15.1. The van der Waals surface area contributed by atoms with Gasteiger partial charge in [-0.1, -0.05) is 0 Å². The van der Waals surface area contributed by atoms with Crippen molar-refractivity contribution in [1.29, 1.82) is 0 Å². The summed E-state index contributed by atoms with van der Waals surface area (Å²) < 4.78 is 7.52. The predicted octanol–water partition coefficient (Wildman–Crippen LogP) is 3.39. The molecular weight excluding hydrogens is 324 g/mol. The fourth-order valence-electron chi connectivity index (χ4n) is 3.18. The molecular formula is C17H18N4O2S. The maximum Gasteiger partial charge on any atom is 0.265 e. The smallest absolute Gasteiger partial charge is 0.265 e. The summed E-state index contributed by atoms with van der Waals surface area (Å²) in [5, 5.41) is 0.738. The van der Waals surface area contributed by atoms with E-state index in [2.05, 4.69) is 14.5 Å². The number of carbonyl (C=O) groups excluding carboxylic acids is 1. The molecule has 4 rings (SSSR count). The van der Waals surface area contributed by atoms with Gasteiger partial charge in [-0.3, -0.25) is 4.79 Å². The van der Waals surface area contributed by atoms with E-state index in [4.69, 9.17) is 4.42 Å². The lowest BCUT2D eigenvalue weighted by Crippen LogP contribution is -2.40. The van der Waals surface area contributed by atoms with Crippen molar-refractivity contribution in [2.45, 2.75) is 25.8 Å². The number of nitrogens with zero attached hydrogens (tertiary/aromatic N) is 4. The first-order valence-corrected chi connectivity index (χ1v) is 8.82. The first-order valence-electron chi connectivity index (χ1n) is 8.01. The number of carbonyl (C=O) groups is 1. The number of imidazole rings is 1. The third-order valence-corrected chi connectivity index (χ3v) is 5.39. The van der Waals surface area contributed by atoms with Crippen molar-refractivity contribution in [1.82, 2.24) is 19.4 Å². The average Bonchev–Trinajstić information content (AvgIpc) is 3.35. The van der Waals surface area contributed by atoms with Gasteiger partial charge in [0.2, 0.25) is 0 Å². The molecule has 0 aromatic carbocycles. The highest BCUT2D eigenvalue weighted by Crippen LogP contribution is 2.28. The number of piperidine rings is 1. The molecule has 0 spiro atoms. The van der Waals surface area contributed by atoms with E-state index in [-0.39, 0.29) is 5.91 Å². The minimum Gasteiger partial charge on any atom is -0.462 e. The summed E-state index contributed by atoms with van der Waals surface area (Å²) in [6.07, 6.45) is 9.14. The van der Waals surface area contributed by atoms with Gasteiger partial charge in [0.25, 0.3) is 5.91 Å². The monoisotopic (exact) mass is 342 g/mol. The minimum absolute atomic E-state index is 0.0489. The van der Waals surface area contributed by atoms with Gasteiger partial charge in [-0.15, -0.1) is 11.3 Å². The van der Waals surface area contributed by atoms with E-state index in [9.17, 15) is 4.79 Å². The zero-order chi connectivity index (χ0) is 16.5. The largest absolute Gasteiger partial charge is 0.462 e. The number of hydrogen-bond acceptors (Lipinski definition) is 5. The molecule has 1 fully saturated rings. The normalized spacial score (nSPS) is 18.0. The predicted molar refractivity (Wildman–Crippen MR) is 91.0 cm³/mol. The van der Waals surface area contributed by atoms with Crippen LogP contribution >= 0.6 is 11.3 Å². The Labute approximate surface area is 143 Å². The van der Waals surface area contributed by atoms with Gasteiger partial charge >= 0.3 is 0 Å². The van der Waals surface area contributed by atoms with Crippen molar-refractivity contribution >= 4 is 17.2 Å². The maximum atomic E-state index is 12.8. The van der Waals surface area contributed by atoms with Crippen molar-refractivity contribution < 1.29 is 9.21 Å². The molecule has 1 atom stereocenters. The van der Waals surface area contributed by atoms with Crippen LogP contribution in [0.1, 0.15) is 34.4 Å². The van der Waals surface area contributed by atoms with Gasteiger partial charge in [-0.05, 0) is 31.9 Å². The number of aryl methyl sites for hydroxylation is 1. The first-order chi connectivity index (χ1) is 11.7. The van der Waals surface area contributed by atoms with Crippen molar-refractivity contribution in [2.75, 3.05) is 13.1 Å². The van der Waals surface area contributed by atoms with Crippen LogP contribution in [0.5, 0.6) is 0 Å². The Kier molecular flexibility index (Phi) is 3.93. The Morgan fingerprint density at radius 3 is 3.08 bits per heavy atom. The lowest BCUT2D eigenvalue weighted by Gasteiger charge is -2.33. The van der Waals surface area contributed by atoms with Crippen LogP contribution in [0, 0.1) is 6.92 Å². The number of hydrogen-bond donors (Lipinski definition) is 0. The molecule has 1 aliphatic heterocycles. The van der Waals surface area contributed by atoms with E-state index in [1.54, 1.807) is 12.5 Å². The number of aromatic nitrogens is 3. The Hall–Kier alpha value is -2.41. The molecule has 0 unspecified atom stereocenters. The Morgan fingerprint density at radius 1 is 1.42 bits per heavy atom. The Morgan fingerprint density at radius 2 is 2.33 bits per heavy atom. The van der Waals surface area contributed by atoms with Gasteiger partial charge in [-0.25, -0.2) is 9.97 Å². The second-order valence-electron chi connectivity index (χ2n) is 5.94. The molecule has 24 heavy (non-hydrogen) atoms. The highest BCUT2D eigenvalue weighted by atomic mass is 32.1. The molecule has 4 heterocycles. The topological polar surface area (TPSA) is 64.2 Å². The van der Waals surface area contributed by atoms with E-state index < -0.39 is 0 Å². The minimum atomic E-state index is 0.0489. The van der Waals surface area contributed by atoms with Gasteiger partial charge < -0.3 is 13.9 Å². The average molecular weight is 342 g/mol. The molecule has 0 N–H and O–H groups in total. The molecule has 0 bridgehead atoms. The molecule has 0 radical (unpaired) electrons. The number of rotatable bonds is 3. The standard InChI is InChI=1S/C17H18N4O2S/c1-12-18-6-8-21(12)13-4-2-7-20(11-13)17(22)15-10-19-16(24-15)14-5-3-9-23-14/h3,5-6,8-10,13H,2,4,7,11H2,1H3/t13-/m0/s1. The Balaban J connectivity index is 1.51. The zero-order valence-electron chi connectivity index (χ0n) is 13.4. The van der Waals surface area contributed by atoms with Gasteiger partial charge in [0.05, 0.1) is 18.5 Å². The third-order valence-electron chi connectivity index (χ3n) is 4.39. The van der Waals surface area contributed by atoms with Crippen LogP contribution in [0.25, 0.3) is 10.8 Å². The molecule has 1 aliphatic rings. The van der Waals surface area contributed by atoms with E-state index in [0.29, 0.717) is 23.2 Å². The molecule has 3 aromatic rings. The summed E-state index contributed by atoms with van der Waals surface area (Å²) in [5.41, 5.74) is 0. The summed E-state index contributed by atoms with van der Waals surface area (Å²) in [6.45, 7) is 3.50. The number of likely N-dealkylation sites (tertiary alicyclic amines) is 1. The fraction of sp³-hybridized carbons (Fsp3) is 0.353. The summed E-state index contributed by atoms with van der Waals surface area (Å²) in [7, 11) is 0. The highest BCUT2D eigenvalue weighted by Gasteiger charge is 2.27. The molecule has 6 nitrogen and oxygen atoms in total. The molecule has 0 saturated carbocycles. The second kappa shape index (κ2) is 6.24. The van der Waals surface area contributed by atoms with Gasteiger partial charge in [0.15, 0.2) is 10.8 Å². The van der Waals surface area contributed by atoms with Crippen LogP contribution in [0.2, 0.25) is 0 Å². The lowest BCUT2D eigenvalue weighted by atomic mass is 10.1. The van der Waals surface area contributed by atoms with E-state index >= 15 is 0 Å². The van der Waals surface area contributed by atoms with Crippen molar-refractivity contribution in [3.8, 4) is 10.8 Å². The number of furan rings is 1. The second-order valence-corrected chi connectivity index (χ2v) is 6.97. The zero-order valence-corrected chi connectivity index (χ0v) is 14.2. The summed E-state index contributed by atoms with van der Waals surface area (Å²) in [6, 6.07) is 3.97. The molecule has 7 heteroatoms. The quantitative estimate of drug-likeness (QED) is 0.732. The van der Waals surface area contributed by atoms with Gasteiger partial charge in [-0.2, -0.15) is 0 Å². The lowest BCUT2D eigenvalue weighted by molar-refractivity contribution is 0.0683. The molecule has 0 aliphatic carbocycles. The molecule has 3 aromatic heterocycles. The van der Waals surface area contributed by atoms with E-state index in [1.807, 2.05) is 36.4 Å². The van der Waals surface area contributed by atoms with Crippen molar-refractivity contribution in [3.05, 3.63) is 47.7 Å². The molecule has 1 amide bonds. The summed E-state index contributed by atoms with van der Waals surface area (Å²) in [4.78, 5) is 24.0. The molecule has 124 valence electrons. The Bertz CT molecular complexity index is 837. The van der Waals surface area contributed by atoms with Crippen LogP contribution in [0.15, 0.2) is 41.4 Å². The summed E-state index contributed by atoms with van der Waals surface area (Å²) in [5.74, 6) is 1.74. The van der Waals surface area contributed by atoms with E-state index in [0.717, 1.165) is 30.2 Å².